The van der Waals surface area contributed by atoms with Crippen molar-refractivity contribution < 1.29 is 9.18 Å². The van der Waals surface area contributed by atoms with E-state index in [1.165, 1.54) is 11.0 Å². The molecule has 114 valence electrons. The van der Waals surface area contributed by atoms with Crippen LogP contribution in [0.5, 0.6) is 0 Å². The molecule has 5 heteroatoms. The Kier molecular flexibility index (Phi) is 7.76. The third kappa shape index (κ3) is 4.76. The fourth-order valence-corrected chi connectivity index (χ4v) is 1.80. The Labute approximate surface area is 126 Å². The predicted octanol–water partition coefficient (Wildman–Crippen LogP) is 3.00. The summed E-state index contributed by atoms with van der Waals surface area (Å²) in [6.07, 6.45) is 0.716. The smallest absolute Gasteiger partial charge is 0.256 e. The summed E-state index contributed by atoms with van der Waals surface area (Å²) in [5.41, 5.74) is 6.56. The number of benzene rings is 1. The molecule has 1 amide bonds. The Hall–Kier alpha value is -1.13. The lowest BCUT2D eigenvalue weighted by Gasteiger charge is -2.22. The Morgan fingerprint density at radius 3 is 2.55 bits per heavy atom. The van der Waals surface area contributed by atoms with Gasteiger partial charge in [-0.15, -0.1) is 12.4 Å². The summed E-state index contributed by atoms with van der Waals surface area (Å²) in [5, 5.41) is 0. The minimum atomic E-state index is -0.437. The van der Waals surface area contributed by atoms with Crippen molar-refractivity contribution in [3.63, 3.8) is 0 Å². The second-order valence-electron chi connectivity index (χ2n) is 5.36. The Morgan fingerprint density at radius 1 is 1.40 bits per heavy atom. The number of aryl methyl sites for hydroxylation is 1. The van der Waals surface area contributed by atoms with Crippen LogP contribution in [0, 0.1) is 18.7 Å². The average Bonchev–Trinajstić information content (AvgIpc) is 2.37. The molecule has 0 radical (unpaired) electrons. The molecule has 1 rings (SSSR count). The highest BCUT2D eigenvalue weighted by Gasteiger charge is 2.18. The summed E-state index contributed by atoms with van der Waals surface area (Å²) in [6, 6.07) is 4.92. The minimum absolute atomic E-state index is 0. The monoisotopic (exact) mass is 302 g/mol. The zero-order chi connectivity index (χ0) is 14.6. The van der Waals surface area contributed by atoms with Crippen LogP contribution in [0.15, 0.2) is 18.2 Å². The van der Waals surface area contributed by atoms with Gasteiger partial charge in [0.25, 0.3) is 5.91 Å². The van der Waals surface area contributed by atoms with Crippen LogP contribution in [-0.2, 0) is 0 Å². The first kappa shape index (κ1) is 18.9. The standard InChI is InChI=1S/C15H23FN2O.ClH/c1-10(2)13(17)8-9-18(4)15(19)12-7-5-6-11(3)14(12)16;/h5-7,10,13H,8-9,17H2,1-4H3;1H. The molecule has 0 aliphatic carbocycles. The van der Waals surface area contributed by atoms with Gasteiger partial charge in [0.15, 0.2) is 0 Å². The Bertz CT molecular complexity index is 451. The van der Waals surface area contributed by atoms with Gasteiger partial charge in [-0.3, -0.25) is 4.79 Å². The summed E-state index contributed by atoms with van der Waals surface area (Å²) in [7, 11) is 1.68. The number of amides is 1. The molecule has 3 nitrogen and oxygen atoms in total. The van der Waals surface area contributed by atoms with Crippen LogP contribution >= 0.6 is 12.4 Å². The van der Waals surface area contributed by atoms with Gasteiger partial charge >= 0.3 is 0 Å². The van der Waals surface area contributed by atoms with Gasteiger partial charge in [0, 0.05) is 19.6 Å². The van der Waals surface area contributed by atoms with Gasteiger partial charge < -0.3 is 10.6 Å². The molecule has 0 saturated carbocycles. The van der Waals surface area contributed by atoms with Gasteiger partial charge in [0.05, 0.1) is 5.56 Å². The third-order valence-electron chi connectivity index (χ3n) is 3.42. The SMILES string of the molecule is Cc1cccc(C(=O)N(C)CCC(N)C(C)C)c1F.Cl. The molecule has 0 aromatic heterocycles. The molecule has 1 aromatic rings. The molecule has 1 aromatic carbocycles. The van der Waals surface area contributed by atoms with E-state index in [0.717, 1.165) is 0 Å². The van der Waals surface area contributed by atoms with Gasteiger partial charge in [-0.25, -0.2) is 4.39 Å². The number of carbonyl (C=O) groups is 1. The number of nitrogens with two attached hydrogens (primary N) is 1. The molecule has 0 saturated heterocycles. The summed E-state index contributed by atoms with van der Waals surface area (Å²) in [4.78, 5) is 13.7. The van der Waals surface area contributed by atoms with E-state index in [-0.39, 0.29) is 29.9 Å². The van der Waals surface area contributed by atoms with Gasteiger partial charge in [-0.1, -0.05) is 26.0 Å². The lowest BCUT2D eigenvalue weighted by atomic mass is 10.0. The van der Waals surface area contributed by atoms with Gasteiger partial charge in [-0.2, -0.15) is 0 Å². The van der Waals surface area contributed by atoms with Crippen LogP contribution in [0.1, 0.15) is 36.2 Å². The summed E-state index contributed by atoms with van der Waals surface area (Å²) < 4.78 is 13.9. The highest BCUT2D eigenvalue weighted by Crippen LogP contribution is 2.14. The zero-order valence-electron chi connectivity index (χ0n) is 12.5. The van der Waals surface area contributed by atoms with E-state index in [9.17, 15) is 9.18 Å². The molecule has 0 fully saturated rings. The Balaban J connectivity index is 0.00000361. The van der Waals surface area contributed by atoms with Crippen molar-refractivity contribution in [3.05, 3.63) is 35.1 Å². The number of carbonyl (C=O) groups excluding carboxylic acids is 1. The van der Waals surface area contributed by atoms with Crippen molar-refractivity contribution in [1.82, 2.24) is 4.90 Å². The maximum Gasteiger partial charge on any atom is 0.256 e. The summed E-state index contributed by atoms with van der Waals surface area (Å²) >= 11 is 0. The first-order chi connectivity index (χ1) is 8.84. The number of hydrogen-bond acceptors (Lipinski definition) is 2. The molecule has 0 heterocycles. The van der Waals surface area contributed by atoms with Crippen molar-refractivity contribution >= 4 is 18.3 Å². The Morgan fingerprint density at radius 2 is 2.00 bits per heavy atom. The second-order valence-corrected chi connectivity index (χ2v) is 5.36. The van der Waals surface area contributed by atoms with Crippen LogP contribution in [-0.4, -0.2) is 30.4 Å². The highest BCUT2D eigenvalue weighted by atomic mass is 35.5. The third-order valence-corrected chi connectivity index (χ3v) is 3.42. The van der Waals surface area contributed by atoms with Crippen LogP contribution < -0.4 is 5.73 Å². The van der Waals surface area contributed by atoms with E-state index >= 15 is 0 Å². The van der Waals surface area contributed by atoms with Gasteiger partial charge in [0.2, 0.25) is 0 Å². The number of hydrogen-bond donors (Lipinski definition) is 1. The molecule has 20 heavy (non-hydrogen) atoms. The molecule has 0 bridgehead atoms. The molecule has 0 aliphatic heterocycles. The first-order valence-corrected chi connectivity index (χ1v) is 6.60. The molecule has 0 spiro atoms. The molecular weight excluding hydrogens is 279 g/mol. The van der Waals surface area contributed by atoms with Gasteiger partial charge in [-0.05, 0) is 30.9 Å². The summed E-state index contributed by atoms with van der Waals surface area (Å²) in [6.45, 7) is 6.28. The molecule has 0 aliphatic rings. The zero-order valence-corrected chi connectivity index (χ0v) is 13.3. The number of halogens is 2. The molecular formula is C15H24ClFN2O. The van der Waals surface area contributed by atoms with Gasteiger partial charge in [0.1, 0.15) is 5.82 Å². The van der Waals surface area contributed by atoms with Crippen LogP contribution in [0.2, 0.25) is 0 Å². The average molecular weight is 303 g/mol. The predicted molar refractivity (Wildman–Crippen MR) is 82.8 cm³/mol. The van der Waals surface area contributed by atoms with Crippen LogP contribution in [0.25, 0.3) is 0 Å². The fraction of sp³-hybridized carbons (Fsp3) is 0.533. The quantitative estimate of drug-likeness (QED) is 0.909. The minimum Gasteiger partial charge on any atom is -0.342 e. The maximum absolute atomic E-state index is 13.9. The van der Waals surface area contributed by atoms with Crippen molar-refractivity contribution in [3.8, 4) is 0 Å². The highest BCUT2D eigenvalue weighted by molar-refractivity contribution is 5.94. The first-order valence-electron chi connectivity index (χ1n) is 6.60. The van der Waals surface area contributed by atoms with E-state index in [4.69, 9.17) is 5.73 Å². The van der Waals surface area contributed by atoms with Crippen molar-refractivity contribution in [1.29, 1.82) is 0 Å². The van der Waals surface area contributed by atoms with Crippen molar-refractivity contribution in [2.24, 2.45) is 11.7 Å². The van der Waals surface area contributed by atoms with E-state index in [1.807, 2.05) is 13.8 Å². The maximum atomic E-state index is 13.9. The van der Waals surface area contributed by atoms with Crippen LogP contribution in [0.4, 0.5) is 4.39 Å². The largest absolute Gasteiger partial charge is 0.342 e. The van der Waals surface area contributed by atoms with Crippen LogP contribution in [0.3, 0.4) is 0 Å². The topological polar surface area (TPSA) is 46.3 Å². The molecule has 2 N–H and O–H groups in total. The van der Waals surface area contributed by atoms with Crippen molar-refractivity contribution in [2.75, 3.05) is 13.6 Å². The lowest BCUT2D eigenvalue weighted by Crippen LogP contribution is -2.35. The fourth-order valence-electron chi connectivity index (χ4n) is 1.80. The van der Waals surface area contributed by atoms with E-state index in [2.05, 4.69) is 0 Å². The second kappa shape index (κ2) is 8.22. The molecule has 1 atom stereocenters. The van der Waals surface area contributed by atoms with E-state index in [1.54, 1.807) is 26.1 Å². The number of rotatable bonds is 5. The number of nitrogens with zero attached hydrogens (tertiary/aromatic N) is 1. The normalized spacial score (nSPS) is 11.9. The van der Waals surface area contributed by atoms with E-state index < -0.39 is 5.82 Å². The lowest BCUT2D eigenvalue weighted by molar-refractivity contribution is 0.0784. The van der Waals surface area contributed by atoms with Crippen molar-refractivity contribution in [2.45, 2.75) is 33.2 Å². The molecule has 1 unspecified atom stereocenters. The summed E-state index contributed by atoms with van der Waals surface area (Å²) in [5.74, 6) is -0.358. The van der Waals surface area contributed by atoms with E-state index in [0.29, 0.717) is 24.4 Å².